The van der Waals surface area contributed by atoms with E-state index in [0.29, 0.717) is 0 Å². The second-order valence-corrected chi connectivity index (χ2v) is 3.31. The molecule has 0 heterocycles. The number of hydrogen-bond donors (Lipinski definition) is 0. The molecule has 1 rings (SSSR count). The molecule has 114 valence electrons. The van der Waals surface area contributed by atoms with Crippen molar-refractivity contribution in [2.75, 3.05) is 7.11 Å². The number of methoxy groups -OCH3 is 1. The van der Waals surface area contributed by atoms with Gasteiger partial charge in [0.2, 0.25) is 0 Å². The Morgan fingerprint density at radius 3 is 1.63 bits per heavy atom. The van der Waals surface area contributed by atoms with Crippen LogP contribution < -0.4 is 4.74 Å². The summed E-state index contributed by atoms with van der Waals surface area (Å²) in [6.07, 6.45) is 5.10. The molecule has 0 aromatic heterocycles. The number of benzene rings is 1. The zero-order valence-corrected chi connectivity index (χ0v) is 14.5. The number of ether oxygens (including phenoxy) is 1. The lowest BCUT2D eigenvalue weighted by atomic mass is 10.1. The van der Waals surface area contributed by atoms with Crippen LogP contribution in [0.1, 0.15) is 73.3 Å². The van der Waals surface area contributed by atoms with E-state index in [9.17, 15) is 0 Å². The minimum absolute atomic E-state index is 0.944. The van der Waals surface area contributed by atoms with Gasteiger partial charge in [0.15, 0.2) is 0 Å². The van der Waals surface area contributed by atoms with Crippen LogP contribution >= 0.6 is 0 Å². The lowest BCUT2D eigenvalue weighted by Gasteiger charge is -2.02. The van der Waals surface area contributed by atoms with Crippen LogP contribution in [0, 0.1) is 0 Å². The van der Waals surface area contributed by atoms with Crippen molar-refractivity contribution in [3.8, 4) is 5.75 Å². The zero-order chi connectivity index (χ0) is 15.5. The van der Waals surface area contributed by atoms with Gasteiger partial charge in [0.25, 0.3) is 0 Å². The van der Waals surface area contributed by atoms with Crippen LogP contribution in [0.15, 0.2) is 24.3 Å². The molecule has 1 aromatic rings. The number of unbranched alkanes of at least 4 members (excludes halogenated alkanes) is 2. The minimum atomic E-state index is 0.944. The Morgan fingerprint density at radius 2 is 1.26 bits per heavy atom. The van der Waals surface area contributed by atoms with E-state index in [1.54, 1.807) is 7.11 Å². The second-order valence-electron chi connectivity index (χ2n) is 3.31. The van der Waals surface area contributed by atoms with Crippen molar-refractivity contribution in [2.45, 2.75) is 74.1 Å². The summed E-state index contributed by atoms with van der Waals surface area (Å²) >= 11 is 0. The van der Waals surface area contributed by atoms with Crippen molar-refractivity contribution >= 4 is 0 Å². The summed E-state index contributed by atoms with van der Waals surface area (Å²) in [5.41, 5.74) is 1.41. The summed E-state index contributed by atoms with van der Waals surface area (Å²) < 4.78 is 5.09. The average Bonchev–Trinajstić information content (AvgIpc) is 2.54. The highest BCUT2D eigenvalue weighted by molar-refractivity contribution is 5.27. The summed E-state index contributed by atoms with van der Waals surface area (Å²) in [5, 5.41) is 0. The molecule has 1 aromatic carbocycles. The van der Waals surface area contributed by atoms with Crippen molar-refractivity contribution in [1.29, 1.82) is 0 Å². The normalized spacial score (nSPS) is 7.79. The second kappa shape index (κ2) is 22.2. The first-order valence-electron chi connectivity index (χ1n) is 7.99. The molecule has 0 unspecified atom stereocenters. The lowest BCUT2D eigenvalue weighted by molar-refractivity contribution is 0.414. The molecule has 1 heteroatoms. The van der Waals surface area contributed by atoms with Crippen LogP contribution in [0.25, 0.3) is 0 Å². The van der Waals surface area contributed by atoms with Gasteiger partial charge >= 0.3 is 0 Å². The van der Waals surface area contributed by atoms with Gasteiger partial charge in [-0.2, -0.15) is 0 Å². The molecule has 0 aliphatic carbocycles. The zero-order valence-electron chi connectivity index (χ0n) is 14.5. The Bertz CT molecular complexity index is 226. The molecule has 1 nitrogen and oxygen atoms in total. The van der Waals surface area contributed by atoms with E-state index in [1.807, 2.05) is 53.7 Å². The molecule has 0 bridgehead atoms. The third kappa shape index (κ3) is 15.0. The summed E-state index contributed by atoms with van der Waals surface area (Å²) in [6.45, 7) is 14.2. The average molecular weight is 268 g/mol. The number of aryl methyl sites for hydroxylation is 1. The number of rotatable bonds is 5. The van der Waals surface area contributed by atoms with E-state index in [4.69, 9.17) is 4.74 Å². The van der Waals surface area contributed by atoms with E-state index >= 15 is 0 Å². The van der Waals surface area contributed by atoms with Crippen molar-refractivity contribution in [3.63, 3.8) is 0 Å². The Hall–Kier alpha value is -0.980. The third-order valence-electron chi connectivity index (χ3n) is 2.23. The largest absolute Gasteiger partial charge is 0.497 e. The van der Waals surface area contributed by atoms with E-state index in [0.717, 1.165) is 5.75 Å². The van der Waals surface area contributed by atoms with Crippen molar-refractivity contribution < 1.29 is 4.74 Å². The van der Waals surface area contributed by atoms with Crippen LogP contribution in [0.2, 0.25) is 0 Å². The minimum Gasteiger partial charge on any atom is -0.497 e. The Kier molecular flexibility index (Phi) is 27.1. The van der Waals surface area contributed by atoms with Crippen LogP contribution in [-0.2, 0) is 6.42 Å². The third-order valence-corrected chi connectivity index (χ3v) is 2.23. The van der Waals surface area contributed by atoms with E-state index in [2.05, 4.69) is 19.1 Å². The van der Waals surface area contributed by atoms with Gasteiger partial charge in [0, 0.05) is 0 Å². The van der Waals surface area contributed by atoms with Gasteiger partial charge in [0.05, 0.1) is 7.11 Å². The Labute approximate surface area is 122 Å². The van der Waals surface area contributed by atoms with Gasteiger partial charge in [-0.25, -0.2) is 0 Å². The molecule has 19 heavy (non-hydrogen) atoms. The summed E-state index contributed by atoms with van der Waals surface area (Å²) in [5.74, 6) is 0.944. The monoisotopic (exact) mass is 268 g/mol. The van der Waals surface area contributed by atoms with Crippen molar-refractivity contribution in [2.24, 2.45) is 0 Å². The topological polar surface area (TPSA) is 9.23 Å². The first-order valence-corrected chi connectivity index (χ1v) is 7.99. The standard InChI is InChI=1S/C12H18O.3C2H6/c1-3-4-5-6-11-7-9-12(13-2)10-8-11;3*1-2/h7-10H,3-6H2,1-2H3;3*1-2H3. The highest BCUT2D eigenvalue weighted by Crippen LogP contribution is 2.13. The molecule has 0 aliphatic heterocycles. The van der Waals surface area contributed by atoms with Crippen LogP contribution in [0.4, 0.5) is 0 Å². The Morgan fingerprint density at radius 1 is 0.789 bits per heavy atom. The van der Waals surface area contributed by atoms with Crippen molar-refractivity contribution in [3.05, 3.63) is 29.8 Å². The van der Waals surface area contributed by atoms with Gasteiger partial charge in [-0.05, 0) is 30.5 Å². The molecule has 0 fully saturated rings. The maximum atomic E-state index is 5.09. The molecule has 0 radical (unpaired) electrons. The van der Waals surface area contributed by atoms with Gasteiger partial charge < -0.3 is 4.74 Å². The first-order chi connectivity index (χ1) is 9.36. The van der Waals surface area contributed by atoms with E-state index in [-0.39, 0.29) is 0 Å². The first kappa shape index (κ1) is 23.1. The van der Waals surface area contributed by atoms with Crippen LogP contribution in [-0.4, -0.2) is 7.11 Å². The highest BCUT2D eigenvalue weighted by atomic mass is 16.5. The lowest BCUT2D eigenvalue weighted by Crippen LogP contribution is -1.86. The maximum Gasteiger partial charge on any atom is 0.118 e. The fraction of sp³-hybridized carbons (Fsp3) is 0.667. The predicted octanol–water partition coefficient (Wildman–Crippen LogP) is 6.51. The molecule has 0 atom stereocenters. The van der Waals surface area contributed by atoms with Crippen LogP contribution in [0.3, 0.4) is 0 Å². The van der Waals surface area contributed by atoms with Gasteiger partial charge in [-0.15, -0.1) is 0 Å². The highest BCUT2D eigenvalue weighted by Gasteiger charge is 1.93. The molecular weight excluding hydrogens is 232 g/mol. The predicted molar refractivity (Wildman–Crippen MR) is 90.3 cm³/mol. The molecule has 0 saturated carbocycles. The number of hydrogen-bond acceptors (Lipinski definition) is 1. The quantitative estimate of drug-likeness (QED) is 0.553. The van der Waals surface area contributed by atoms with Gasteiger partial charge in [0.1, 0.15) is 5.75 Å². The fourth-order valence-electron chi connectivity index (χ4n) is 1.37. The summed E-state index contributed by atoms with van der Waals surface area (Å²) in [7, 11) is 1.70. The molecular formula is C18H36O. The molecule has 0 saturated heterocycles. The SMILES string of the molecule is CC.CC.CC.CCCCCc1ccc(OC)cc1. The van der Waals surface area contributed by atoms with Gasteiger partial charge in [-0.3, -0.25) is 0 Å². The smallest absolute Gasteiger partial charge is 0.118 e. The molecule has 0 N–H and O–H groups in total. The molecule has 0 spiro atoms. The maximum absolute atomic E-state index is 5.09. The molecule has 0 aliphatic rings. The molecule has 0 amide bonds. The van der Waals surface area contributed by atoms with Crippen molar-refractivity contribution in [1.82, 2.24) is 0 Å². The summed E-state index contributed by atoms with van der Waals surface area (Å²) in [4.78, 5) is 0. The van der Waals surface area contributed by atoms with Crippen LogP contribution in [0.5, 0.6) is 5.75 Å². The Balaban J connectivity index is -0.000000375. The van der Waals surface area contributed by atoms with Gasteiger partial charge in [-0.1, -0.05) is 73.4 Å². The fourth-order valence-corrected chi connectivity index (χ4v) is 1.37. The summed E-state index contributed by atoms with van der Waals surface area (Å²) in [6, 6.07) is 8.35. The van der Waals surface area contributed by atoms with E-state index < -0.39 is 0 Å². The van der Waals surface area contributed by atoms with E-state index in [1.165, 1.54) is 31.2 Å².